The summed E-state index contributed by atoms with van der Waals surface area (Å²) in [7, 11) is 0. The molecule has 1 saturated carbocycles. The summed E-state index contributed by atoms with van der Waals surface area (Å²) < 4.78 is 4.99. The second-order valence-corrected chi connectivity index (χ2v) is 7.53. The second-order valence-electron chi connectivity index (χ2n) is 7.53. The number of imide groups is 1. The number of fused-ring (bicyclic) bond motifs is 1. The van der Waals surface area contributed by atoms with Gasteiger partial charge in [0.2, 0.25) is 11.8 Å². The number of benzene rings is 1. The molecule has 1 aromatic carbocycles. The van der Waals surface area contributed by atoms with Gasteiger partial charge in [0.05, 0.1) is 18.3 Å². The van der Waals surface area contributed by atoms with Crippen LogP contribution in [0.25, 0.3) is 0 Å². The number of hydrogen-bond donors (Lipinski definition) is 1. The van der Waals surface area contributed by atoms with Crippen molar-refractivity contribution < 1.29 is 23.9 Å². The molecule has 2 atom stereocenters. The Morgan fingerprint density at radius 2 is 1.75 bits per heavy atom. The Balaban J connectivity index is 1.44. The zero-order chi connectivity index (χ0) is 20.3. The Morgan fingerprint density at radius 1 is 1.11 bits per heavy atom. The van der Waals surface area contributed by atoms with E-state index in [1.54, 1.807) is 6.07 Å². The maximum atomic E-state index is 12.4. The fraction of sp³-hybridized carbons (Fsp3) is 0.524. The lowest BCUT2D eigenvalue weighted by Crippen LogP contribution is -2.33. The van der Waals surface area contributed by atoms with Crippen LogP contribution < -0.4 is 5.32 Å². The minimum atomic E-state index is -0.605. The van der Waals surface area contributed by atoms with Crippen LogP contribution in [0.1, 0.15) is 43.2 Å². The number of carbonyl (C=O) groups is 4. The van der Waals surface area contributed by atoms with Crippen molar-refractivity contribution in [3.63, 3.8) is 0 Å². The second kappa shape index (κ2) is 8.54. The minimum absolute atomic E-state index is 0.0160. The summed E-state index contributed by atoms with van der Waals surface area (Å²) in [6, 6.07) is 5.57. The summed E-state index contributed by atoms with van der Waals surface area (Å²) in [5.74, 6) is -1.82. The first kappa shape index (κ1) is 20.0. The zero-order valence-corrected chi connectivity index (χ0v) is 16.3. The molecule has 0 radical (unpaired) electrons. The lowest BCUT2D eigenvalue weighted by Gasteiger charge is -2.19. The van der Waals surface area contributed by atoms with Crippen LogP contribution in [0.3, 0.4) is 0 Å². The van der Waals surface area contributed by atoms with E-state index in [4.69, 9.17) is 4.74 Å². The van der Waals surface area contributed by atoms with E-state index in [9.17, 15) is 19.2 Å². The molecule has 3 rings (SSSR count). The highest BCUT2D eigenvalue weighted by atomic mass is 16.5. The Bertz CT molecular complexity index is 780. The van der Waals surface area contributed by atoms with Crippen LogP contribution in [-0.4, -0.2) is 41.7 Å². The van der Waals surface area contributed by atoms with Crippen LogP contribution in [-0.2, 0) is 23.9 Å². The molecule has 2 aliphatic rings. The van der Waals surface area contributed by atoms with Gasteiger partial charge in [-0.15, -0.1) is 0 Å². The van der Waals surface area contributed by atoms with Crippen molar-refractivity contribution in [2.24, 2.45) is 11.8 Å². The van der Waals surface area contributed by atoms with Crippen molar-refractivity contribution in [2.75, 3.05) is 18.5 Å². The molecule has 3 amide bonds. The predicted molar refractivity (Wildman–Crippen MR) is 102 cm³/mol. The smallest absolute Gasteiger partial charge is 0.308 e. The number of esters is 1. The number of rotatable bonds is 6. The van der Waals surface area contributed by atoms with E-state index in [-0.39, 0.29) is 36.6 Å². The molecule has 0 spiro atoms. The summed E-state index contributed by atoms with van der Waals surface area (Å²) in [6.45, 7) is 3.46. The van der Waals surface area contributed by atoms with Crippen molar-refractivity contribution in [3.05, 3.63) is 29.3 Å². The van der Waals surface area contributed by atoms with Gasteiger partial charge in [-0.3, -0.25) is 24.1 Å². The predicted octanol–water partition coefficient (Wildman–Crippen LogP) is 2.35. The molecule has 1 heterocycles. The molecule has 7 heteroatoms. The van der Waals surface area contributed by atoms with E-state index in [1.807, 2.05) is 26.0 Å². The number of likely N-dealkylation sites (tertiary alicyclic amines) is 1. The molecule has 2 fully saturated rings. The number of anilines is 1. The van der Waals surface area contributed by atoms with Gasteiger partial charge in [0.1, 0.15) is 0 Å². The molecular weight excluding hydrogens is 360 g/mol. The third-order valence-corrected chi connectivity index (χ3v) is 5.71. The van der Waals surface area contributed by atoms with Gasteiger partial charge in [-0.2, -0.15) is 0 Å². The highest BCUT2D eigenvalue weighted by Gasteiger charge is 2.47. The maximum Gasteiger partial charge on any atom is 0.308 e. The topological polar surface area (TPSA) is 92.8 Å². The number of nitrogens with zero attached hydrogens (tertiary/aromatic N) is 1. The van der Waals surface area contributed by atoms with Crippen LogP contribution in [0.5, 0.6) is 0 Å². The first-order chi connectivity index (χ1) is 13.4. The van der Waals surface area contributed by atoms with E-state index in [0.717, 1.165) is 36.8 Å². The fourth-order valence-electron chi connectivity index (χ4n) is 3.95. The summed E-state index contributed by atoms with van der Waals surface area (Å²) in [5.41, 5.74) is 2.68. The van der Waals surface area contributed by atoms with Crippen LogP contribution in [0.4, 0.5) is 5.69 Å². The summed E-state index contributed by atoms with van der Waals surface area (Å²) in [4.78, 5) is 49.9. The number of amides is 3. The van der Waals surface area contributed by atoms with E-state index < -0.39 is 18.5 Å². The normalized spacial score (nSPS) is 21.4. The third-order valence-electron chi connectivity index (χ3n) is 5.71. The monoisotopic (exact) mass is 386 g/mol. The van der Waals surface area contributed by atoms with Crippen molar-refractivity contribution in [1.82, 2.24) is 4.90 Å². The van der Waals surface area contributed by atoms with Crippen LogP contribution in [0.2, 0.25) is 0 Å². The molecular formula is C21H26N2O5. The van der Waals surface area contributed by atoms with Gasteiger partial charge in [-0.25, -0.2) is 0 Å². The first-order valence-corrected chi connectivity index (χ1v) is 9.75. The Labute approximate surface area is 164 Å². The minimum Gasteiger partial charge on any atom is -0.456 e. The number of nitrogens with one attached hydrogen (secondary N) is 1. The van der Waals surface area contributed by atoms with Crippen molar-refractivity contribution >= 4 is 29.4 Å². The van der Waals surface area contributed by atoms with E-state index in [0.29, 0.717) is 5.69 Å². The average molecular weight is 386 g/mol. The average Bonchev–Trinajstić information content (AvgIpc) is 2.93. The maximum absolute atomic E-state index is 12.4. The highest BCUT2D eigenvalue weighted by Crippen LogP contribution is 2.37. The van der Waals surface area contributed by atoms with Gasteiger partial charge < -0.3 is 10.1 Å². The van der Waals surface area contributed by atoms with Crippen LogP contribution in [0, 0.1) is 25.7 Å². The van der Waals surface area contributed by atoms with Crippen LogP contribution in [0.15, 0.2) is 18.2 Å². The van der Waals surface area contributed by atoms with Crippen LogP contribution >= 0.6 is 0 Å². The van der Waals surface area contributed by atoms with Crippen molar-refractivity contribution in [2.45, 2.75) is 46.0 Å². The largest absolute Gasteiger partial charge is 0.456 e. The molecule has 0 unspecified atom stereocenters. The molecule has 28 heavy (non-hydrogen) atoms. The number of hydrogen-bond acceptors (Lipinski definition) is 5. The fourth-order valence-corrected chi connectivity index (χ4v) is 3.95. The quantitative estimate of drug-likeness (QED) is 0.598. The highest BCUT2D eigenvalue weighted by molar-refractivity contribution is 6.05. The van der Waals surface area contributed by atoms with E-state index in [2.05, 4.69) is 5.32 Å². The van der Waals surface area contributed by atoms with Gasteiger partial charge in [-0.1, -0.05) is 25.0 Å². The van der Waals surface area contributed by atoms with Gasteiger partial charge in [0.25, 0.3) is 5.91 Å². The lowest BCUT2D eigenvalue weighted by molar-refractivity contribution is -0.148. The van der Waals surface area contributed by atoms with Gasteiger partial charge >= 0.3 is 5.97 Å². The third kappa shape index (κ3) is 4.24. The molecule has 1 aliphatic carbocycles. The molecule has 1 aliphatic heterocycles. The van der Waals surface area contributed by atoms with Gasteiger partial charge in [0.15, 0.2) is 6.61 Å². The SMILES string of the molecule is Cc1cccc(NC(=O)COC(=O)CCN2C(=O)[C@@H]3CCCC[C@H]3C2=O)c1C. The zero-order valence-electron chi connectivity index (χ0n) is 16.3. The number of carbonyl (C=O) groups excluding carboxylic acids is 4. The van der Waals surface area contributed by atoms with E-state index >= 15 is 0 Å². The molecule has 7 nitrogen and oxygen atoms in total. The molecule has 0 bridgehead atoms. The molecule has 1 N–H and O–H groups in total. The number of ether oxygens (including phenoxy) is 1. The standard InChI is InChI=1S/C21H26N2O5/c1-13-6-5-9-17(14(13)2)22-18(24)12-28-19(25)10-11-23-20(26)15-7-3-4-8-16(15)21(23)27/h5-6,9,15-16H,3-4,7-8,10-12H2,1-2H3,(H,22,24)/t15-,16-/m1/s1. The Hall–Kier alpha value is -2.70. The first-order valence-electron chi connectivity index (χ1n) is 9.75. The van der Waals surface area contributed by atoms with Gasteiger partial charge in [-0.05, 0) is 43.9 Å². The Morgan fingerprint density at radius 3 is 2.39 bits per heavy atom. The molecule has 0 aromatic heterocycles. The number of aryl methyl sites for hydroxylation is 1. The summed E-state index contributed by atoms with van der Waals surface area (Å²) in [6.07, 6.45) is 3.31. The molecule has 150 valence electrons. The van der Waals surface area contributed by atoms with Crippen molar-refractivity contribution in [1.29, 1.82) is 0 Å². The van der Waals surface area contributed by atoms with Crippen molar-refractivity contribution in [3.8, 4) is 0 Å². The Kier molecular flexibility index (Phi) is 6.11. The lowest BCUT2D eigenvalue weighted by atomic mass is 9.81. The van der Waals surface area contributed by atoms with Gasteiger partial charge in [0, 0.05) is 12.2 Å². The molecule has 1 saturated heterocycles. The summed E-state index contributed by atoms with van der Waals surface area (Å²) in [5, 5.41) is 2.72. The summed E-state index contributed by atoms with van der Waals surface area (Å²) >= 11 is 0. The van der Waals surface area contributed by atoms with E-state index in [1.165, 1.54) is 4.90 Å². The molecule has 1 aromatic rings.